The number of rotatable bonds is 8. The normalized spacial score (nSPS) is 17.7. The summed E-state index contributed by atoms with van der Waals surface area (Å²) in [5.41, 5.74) is 0. The Labute approximate surface area is 93.7 Å². The third kappa shape index (κ3) is 8.01. The maximum Gasteiger partial charge on any atom is 0.203 e. The molecule has 0 radical (unpaired) electrons. The van der Waals surface area contributed by atoms with Crippen molar-refractivity contribution in [1.82, 2.24) is 0 Å². The molecule has 0 aliphatic rings. The van der Waals surface area contributed by atoms with Gasteiger partial charge in [-0.3, -0.25) is 4.57 Å². The Kier molecular flexibility index (Phi) is 7.50. The molecule has 0 rings (SSSR count). The Bertz CT molecular complexity index is 186. The van der Waals surface area contributed by atoms with Gasteiger partial charge in [0.25, 0.3) is 0 Å². The van der Waals surface area contributed by atoms with E-state index in [1.54, 1.807) is 6.92 Å². The summed E-state index contributed by atoms with van der Waals surface area (Å²) in [6, 6.07) is 0. The van der Waals surface area contributed by atoms with Gasteiger partial charge in [0.05, 0.1) is 12.7 Å². The minimum Gasteiger partial charge on any atom is -0.391 e. The van der Waals surface area contributed by atoms with Gasteiger partial charge in [-0.2, -0.15) is 0 Å². The van der Waals surface area contributed by atoms with E-state index in [1.807, 2.05) is 6.92 Å². The molecule has 0 amide bonds. The lowest BCUT2D eigenvalue weighted by atomic mass is 10.2. The van der Waals surface area contributed by atoms with Gasteiger partial charge in [0, 0.05) is 12.3 Å². The van der Waals surface area contributed by atoms with Crippen molar-refractivity contribution in [1.29, 1.82) is 0 Å². The second kappa shape index (κ2) is 7.43. The molecular formula is C11H25O3P. The van der Waals surface area contributed by atoms with Crippen molar-refractivity contribution in [2.24, 2.45) is 5.92 Å². The first-order valence-corrected chi connectivity index (χ1v) is 7.80. The van der Waals surface area contributed by atoms with Gasteiger partial charge in [-0.15, -0.1) is 0 Å². The summed E-state index contributed by atoms with van der Waals surface area (Å²) in [6.07, 6.45) is 2.54. The molecule has 1 N–H and O–H groups in total. The van der Waals surface area contributed by atoms with Crippen LogP contribution in [-0.4, -0.2) is 30.1 Å². The number of hydrogen-bond donors (Lipinski definition) is 1. The molecule has 3 nitrogen and oxygen atoms in total. The molecule has 2 unspecified atom stereocenters. The van der Waals surface area contributed by atoms with Gasteiger partial charge in [0.1, 0.15) is 0 Å². The van der Waals surface area contributed by atoms with Crippen LogP contribution in [0, 0.1) is 5.92 Å². The zero-order valence-corrected chi connectivity index (χ0v) is 11.3. The number of aliphatic hydroxyl groups is 1. The van der Waals surface area contributed by atoms with Crippen molar-refractivity contribution in [2.75, 3.05) is 18.9 Å². The molecule has 0 aromatic rings. The number of hydrogen-bond acceptors (Lipinski definition) is 3. The van der Waals surface area contributed by atoms with Crippen molar-refractivity contribution >= 4 is 7.37 Å². The van der Waals surface area contributed by atoms with E-state index in [2.05, 4.69) is 13.8 Å². The van der Waals surface area contributed by atoms with Crippen molar-refractivity contribution < 1.29 is 14.2 Å². The summed E-state index contributed by atoms with van der Waals surface area (Å²) >= 11 is 0. The average molecular weight is 236 g/mol. The lowest BCUT2D eigenvalue weighted by Crippen LogP contribution is -2.12. The Balaban J connectivity index is 4.12. The van der Waals surface area contributed by atoms with Gasteiger partial charge in [-0.05, 0) is 25.7 Å². The van der Waals surface area contributed by atoms with Gasteiger partial charge in [0.15, 0.2) is 0 Å². The first-order chi connectivity index (χ1) is 6.89. The van der Waals surface area contributed by atoms with Crippen molar-refractivity contribution in [3.8, 4) is 0 Å². The van der Waals surface area contributed by atoms with E-state index in [4.69, 9.17) is 9.63 Å². The average Bonchev–Trinajstić information content (AvgIpc) is 2.13. The van der Waals surface area contributed by atoms with Gasteiger partial charge in [-0.1, -0.05) is 20.8 Å². The van der Waals surface area contributed by atoms with Gasteiger partial charge in [0.2, 0.25) is 7.37 Å². The van der Waals surface area contributed by atoms with E-state index < -0.39 is 13.5 Å². The van der Waals surface area contributed by atoms with Crippen LogP contribution >= 0.6 is 7.37 Å². The van der Waals surface area contributed by atoms with Crippen molar-refractivity contribution in [3.05, 3.63) is 0 Å². The predicted octanol–water partition coefficient (Wildman–Crippen LogP) is 3.12. The van der Waals surface area contributed by atoms with Crippen LogP contribution in [0.5, 0.6) is 0 Å². The van der Waals surface area contributed by atoms with E-state index in [0.29, 0.717) is 18.2 Å². The fourth-order valence-electron chi connectivity index (χ4n) is 1.28. The highest BCUT2D eigenvalue weighted by Crippen LogP contribution is 2.48. The van der Waals surface area contributed by atoms with Crippen molar-refractivity contribution in [3.63, 3.8) is 0 Å². The fraction of sp³-hybridized carbons (Fsp3) is 1.00. The summed E-state index contributed by atoms with van der Waals surface area (Å²) in [6.45, 7) is 8.08. The largest absolute Gasteiger partial charge is 0.391 e. The van der Waals surface area contributed by atoms with Crippen LogP contribution < -0.4 is 0 Å². The van der Waals surface area contributed by atoms with Crippen LogP contribution in [0.25, 0.3) is 0 Å². The minimum atomic E-state index is -2.49. The first kappa shape index (κ1) is 15.2. The van der Waals surface area contributed by atoms with Crippen LogP contribution in [0.1, 0.15) is 40.5 Å². The molecule has 4 heteroatoms. The molecule has 0 aliphatic heterocycles. The summed E-state index contributed by atoms with van der Waals surface area (Å²) in [7, 11) is -2.49. The van der Waals surface area contributed by atoms with Crippen LogP contribution in [0.4, 0.5) is 0 Å². The predicted molar refractivity (Wildman–Crippen MR) is 64.7 cm³/mol. The molecule has 0 aliphatic carbocycles. The first-order valence-electron chi connectivity index (χ1n) is 5.80. The summed E-state index contributed by atoms with van der Waals surface area (Å²) in [5, 5.41) is 9.12. The molecule has 2 atom stereocenters. The molecule has 0 aromatic carbocycles. The van der Waals surface area contributed by atoms with Gasteiger partial charge < -0.3 is 9.63 Å². The van der Waals surface area contributed by atoms with E-state index in [0.717, 1.165) is 12.8 Å². The maximum atomic E-state index is 12.3. The van der Waals surface area contributed by atoms with Crippen LogP contribution in [0.2, 0.25) is 0 Å². The molecule has 92 valence electrons. The molecular weight excluding hydrogens is 211 g/mol. The summed E-state index contributed by atoms with van der Waals surface area (Å²) < 4.78 is 17.7. The lowest BCUT2D eigenvalue weighted by Gasteiger charge is -2.19. The number of aliphatic hydroxyl groups excluding tert-OH is 1. The Hall–Kier alpha value is 0.150. The standard InChI is InChI=1S/C11H25O3P/c1-5-7-15(13,8-6-10(2)3)14-9-11(4)12/h10-12H,5-9H2,1-4H3. The highest BCUT2D eigenvalue weighted by molar-refractivity contribution is 7.58. The van der Waals surface area contributed by atoms with E-state index in [1.165, 1.54) is 0 Å². The zero-order valence-electron chi connectivity index (χ0n) is 10.4. The minimum absolute atomic E-state index is 0.190. The molecule has 0 aromatic heterocycles. The van der Waals surface area contributed by atoms with E-state index in [9.17, 15) is 4.57 Å². The third-order valence-corrected chi connectivity index (χ3v) is 4.85. The zero-order chi connectivity index (χ0) is 11.9. The smallest absolute Gasteiger partial charge is 0.203 e. The molecule has 0 spiro atoms. The summed E-state index contributed by atoms with van der Waals surface area (Å²) in [4.78, 5) is 0. The van der Waals surface area contributed by atoms with Crippen LogP contribution in [0.15, 0.2) is 0 Å². The monoisotopic (exact) mass is 236 g/mol. The van der Waals surface area contributed by atoms with Crippen LogP contribution in [0.3, 0.4) is 0 Å². The van der Waals surface area contributed by atoms with Crippen LogP contribution in [-0.2, 0) is 9.09 Å². The highest BCUT2D eigenvalue weighted by atomic mass is 31.2. The summed E-state index contributed by atoms with van der Waals surface area (Å²) in [5.74, 6) is 0.547. The maximum absolute atomic E-state index is 12.3. The second-order valence-corrected chi connectivity index (χ2v) is 7.37. The topological polar surface area (TPSA) is 46.5 Å². The lowest BCUT2D eigenvalue weighted by molar-refractivity contribution is 0.124. The van der Waals surface area contributed by atoms with Gasteiger partial charge in [-0.25, -0.2) is 0 Å². The molecule has 0 saturated heterocycles. The Morgan fingerprint density at radius 3 is 2.27 bits per heavy atom. The second-order valence-electron chi connectivity index (χ2n) is 4.59. The van der Waals surface area contributed by atoms with Crippen molar-refractivity contribution in [2.45, 2.75) is 46.6 Å². The molecule has 0 fully saturated rings. The Morgan fingerprint density at radius 2 is 1.87 bits per heavy atom. The SMILES string of the molecule is CCCP(=O)(CCC(C)C)OCC(C)O. The van der Waals surface area contributed by atoms with E-state index in [-0.39, 0.29) is 6.61 Å². The molecule has 15 heavy (non-hydrogen) atoms. The molecule has 0 saturated carbocycles. The quantitative estimate of drug-likeness (QED) is 0.659. The van der Waals surface area contributed by atoms with E-state index >= 15 is 0 Å². The third-order valence-electron chi connectivity index (χ3n) is 2.16. The highest BCUT2D eigenvalue weighted by Gasteiger charge is 2.22. The van der Waals surface area contributed by atoms with Gasteiger partial charge >= 0.3 is 0 Å². The molecule has 0 bridgehead atoms. The fourth-order valence-corrected chi connectivity index (χ4v) is 3.84. The Morgan fingerprint density at radius 1 is 1.27 bits per heavy atom. The molecule has 0 heterocycles.